The molecular formula is C14H19N5O3. The molecule has 0 unspecified atom stereocenters. The van der Waals surface area contributed by atoms with Crippen molar-refractivity contribution in [1.29, 1.82) is 5.26 Å². The first kappa shape index (κ1) is 15.8. The first-order chi connectivity index (χ1) is 10.5. The second-order valence-electron chi connectivity index (χ2n) is 5.31. The highest BCUT2D eigenvalue weighted by molar-refractivity contribution is 5.77. The molecule has 1 aliphatic rings. The van der Waals surface area contributed by atoms with Gasteiger partial charge in [-0.15, -0.1) is 0 Å². The van der Waals surface area contributed by atoms with Gasteiger partial charge in [-0.3, -0.25) is 18.7 Å². The molecule has 0 aliphatic carbocycles. The Labute approximate surface area is 127 Å². The second-order valence-corrected chi connectivity index (χ2v) is 5.31. The molecule has 8 heteroatoms. The Balaban J connectivity index is 2.13. The van der Waals surface area contributed by atoms with Gasteiger partial charge >= 0.3 is 5.69 Å². The topological polar surface area (TPSA) is 100 Å². The highest BCUT2D eigenvalue weighted by atomic mass is 16.2. The fourth-order valence-electron chi connectivity index (χ4n) is 2.56. The van der Waals surface area contributed by atoms with Crippen LogP contribution in [0.3, 0.4) is 0 Å². The van der Waals surface area contributed by atoms with Crippen molar-refractivity contribution in [3.8, 4) is 6.07 Å². The molecule has 1 saturated heterocycles. The zero-order valence-corrected chi connectivity index (χ0v) is 12.8. The van der Waals surface area contributed by atoms with Gasteiger partial charge in [0, 0.05) is 40.2 Å². The third-order valence-electron chi connectivity index (χ3n) is 3.87. The van der Waals surface area contributed by atoms with Gasteiger partial charge in [-0.1, -0.05) is 0 Å². The Morgan fingerprint density at radius 3 is 2.45 bits per heavy atom. The van der Waals surface area contributed by atoms with Gasteiger partial charge in [0.25, 0.3) is 5.56 Å². The molecule has 2 heterocycles. The van der Waals surface area contributed by atoms with Crippen molar-refractivity contribution in [1.82, 2.24) is 14.0 Å². The smallest absolute Gasteiger partial charge is 0.332 e. The summed E-state index contributed by atoms with van der Waals surface area (Å²) in [7, 11) is 2.80. The third-order valence-corrected chi connectivity index (χ3v) is 3.87. The molecule has 0 saturated carbocycles. The Hall–Kier alpha value is -2.56. The lowest BCUT2D eigenvalue weighted by Gasteiger charge is -2.17. The summed E-state index contributed by atoms with van der Waals surface area (Å²) < 4.78 is 2.10. The van der Waals surface area contributed by atoms with Crippen molar-refractivity contribution in [2.24, 2.45) is 14.1 Å². The van der Waals surface area contributed by atoms with E-state index >= 15 is 0 Å². The van der Waals surface area contributed by atoms with Crippen molar-refractivity contribution in [3.05, 3.63) is 26.4 Å². The zero-order chi connectivity index (χ0) is 16.3. The maximum atomic E-state index is 11.9. The van der Waals surface area contributed by atoms with Gasteiger partial charge in [0.1, 0.15) is 11.9 Å². The summed E-state index contributed by atoms with van der Waals surface area (Å²) in [5, 5.41) is 12.0. The lowest BCUT2D eigenvalue weighted by Crippen LogP contribution is -2.40. The van der Waals surface area contributed by atoms with Crippen molar-refractivity contribution in [2.45, 2.75) is 19.3 Å². The minimum Gasteiger partial charge on any atom is -0.370 e. The molecule has 1 fully saturated rings. The molecule has 0 aromatic carbocycles. The van der Waals surface area contributed by atoms with Crippen LogP contribution >= 0.6 is 0 Å². The van der Waals surface area contributed by atoms with Crippen molar-refractivity contribution in [2.75, 3.05) is 25.0 Å². The van der Waals surface area contributed by atoms with Crippen LogP contribution in [-0.2, 0) is 18.9 Å². The fraction of sp³-hybridized carbons (Fsp3) is 0.571. The molecule has 1 aromatic rings. The summed E-state index contributed by atoms with van der Waals surface area (Å²) in [5.41, 5.74) is -1.28. The van der Waals surface area contributed by atoms with Crippen LogP contribution in [-0.4, -0.2) is 39.6 Å². The van der Waals surface area contributed by atoms with Crippen LogP contribution < -0.4 is 16.6 Å². The molecule has 118 valence electrons. The molecule has 2 rings (SSSR count). The van der Waals surface area contributed by atoms with E-state index in [9.17, 15) is 14.4 Å². The summed E-state index contributed by atoms with van der Waals surface area (Å²) in [6.07, 6.45) is 2.32. The molecular weight excluding hydrogens is 286 g/mol. The van der Waals surface area contributed by atoms with Gasteiger partial charge in [-0.05, 0) is 12.8 Å². The first-order valence-electron chi connectivity index (χ1n) is 7.19. The molecule has 0 atom stereocenters. The summed E-state index contributed by atoms with van der Waals surface area (Å²) in [6, 6.07) is 1.82. The SMILES string of the molecule is Cn1c(NCCC(=O)N2CCCC2)c(C#N)c(=O)n(C)c1=O. The van der Waals surface area contributed by atoms with Crippen LogP contribution in [0.25, 0.3) is 0 Å². The van der Waals surface area contributed by atoms with Gasteiger partial charge < -0.3 is 10.2 Å². The number of rotatable bonds is 4. The zero-order valence-electron chi connectivity index (χ0n) is 12.8. The van der Waals surface area contributed by atoms with Gasteiger partial charge in [0.15, 0.2) is 5.56 Å². The molecule has 22 heavy (non-hydrogen) atoms. The maximum absolute atomic E-state index is 11.9. The predicted octanol–water partition coefficient (Wildman–Crippen LogP) is -0.620. The van der Waals surface area contributed by atoms with Gasteiger partial charge in [0.2, 0.25) is 5.91 Å². The minimum absolute atomic E-state index is 0.0392. The van der Waals surface area contributed by atoms with Crippen LogP contribution in [0.2, 0.25) is 0 Å². The Morgan fingerprint density at radius 1 is 1.23 bits per heavy atom. The van der Waals surface area contributed by atoms with Crippen molar-refractivity contribution >= 4 is 11.7 Å². The number of carbonyl (C=O) groups is 1. The predicted molar refractivity (Wildman–Crippen MR) is 80.6 cm³/mol. The number of likely N-dealkylation sites (tertiary alicyclic amines) is 1. The molecule has 1 aromatic heterocycles. The lowest BCUT2D eigenvalue weighted by atomic mass is 10.3. The van der Waals surface area contributed by atoms with E-state index in [1.807, 2.05) is 6.07 Å². The number of nitriles is 1. The van der Waals surface area contributed by atoms with Crippen LogP contribution in [0.15, 0.2) is 9.59 Å². The number of hydrogen-bond donors (Lipinski definition) is 1. The average molecular weight is 305 g/mol. The van der Waals surface area contributed by atoms with Gasteiger partial charge in [0.05, 0.1) is 0 Å². The van der Waals surface area contributed by atoms with Crippen LogP contribution in [0.1, 0.15) is 24.8 Å². The summed E-state index contributed by atoms with van der Waals surface area (Å²) in [4.78, 5) is 37.5. The molecule has 8 nitrogen and oxygen atoms in total. The third kappa shape index (κ3) is 2.88. The Kier molecular flexibility index (Phi) is 4.65. The molecule has 0 radical (unpaired) electrons. The monoisotopic (exact) mass is 305 g/mol. The highest BCUT2D eigenvalue weighted by Gasteiger charge is 2.18. The van der Waals surface area contributed by atoms with Crippen LogP contribution in [0.5, 0.6) is 0 Å². The lowest BCUT2D eigenvalue weighted by molar-refractivity contribution is -0.129. The molecule has 1 aliphatic heterocycles. The van der Waals surface area contributed by atoms with E-state index < -0.39 is 11.2 Å². The van der Waals surface area contributed by atoms with E-state index in [2.05, 4.69) is 5.32 Å². The number of nitrogens with one attached hydrogen (secondary N) is 1. The van der Waals surface area contributed by atoms with Gasteiger partial charge in [-0.2, -0.15) is 5.26 Å². The standard InChI is InChI=1S/C14H19N5O3/c1-17-12(10(9-15)13(21)18(2)14(17)22)16-6-5-11(20)19-7-3-4-8-19/h16H,3-8H2,1-2H3. The fourth-order valence-corrected chi connectivity index (χ4v) is 2.56. The molecule has 1 amide bonds. The maximum Gasteiger partial charge on any atom is 0.332 e. The second kappa shape index (κ2) is 6.47. The number of nitrogens with zero attached hydrogens (tertiary/aromatic N) is 4. The Morgan fingerprint density at radius 2 is 1.86 bits per heavy atom. The van der Waals surface area contributed by atoms with E-state index in [4.69, 9.17) is 5.26 Å². The van der Waals surface area contributed by atoms with E-state index in [1.54, 1.807) is 4.90 Å². The van der Waals surface area contributed by atoms with Crippen LogP contribution in [0.4, 0.5) is 5.82 Å². The Bertz CT molecular complexity index is 735. The quantitative estimate of drug-likeness (QED) is 0.799. The van der Waals surface area contributed by atoms with Crippen LogP contribution in [0, 0.1) is 11.3 Å². The number of hydrogen-bond acceptors (Lipinski definition) is 5. The molecule has 1 N–H and O–H groups in total. The normalized spacial score (nSPS) is 14.0. The minimum atomic E-state index is -0.640. The van der Waals surface area contributed by atoms with E-state index in [0.29, 0.717) is 0 Å². The number of aromatic nitrogens is 2. The van der Waals surface area contributed by atoms with Crippen molar-refractivity contribution < 1.29 is 4.79 Å². The summed E-state index contributed by atoms with van der Waals surface area (Å²) in [6.45, 7) is 1.84. The number of carbonyl (C=O) groups excluding carboxylic acids is 1. The van der Waals surface area contributed by atoms with E-state index in [0.717, 1.165) is 30.5 Å². The number of amides is 1. The average Bonchev–Trinajstić information content (AvgIpc) is 3.04. The number of anilines is 1. The van der Waals surface area contributed by atoms with Gasteiger partial charge in [-0.25, -0.2) is 4.79 Å². The van der Waals surface area contributed by atoms with E-state index in [-0.39, 0.29) is 30.3 Å². The highest BCUT2D eigenvalue weighted by Crippen LogP contribution is 2.10. The summed E-state index contributed by atoms with van der Waals surface area (Å²) in [5.74, 6) is 0.196. The largest absolute Gasteiger partial charge is 0.370 e. The molecule has 0 spiro atoms. The summed E-state index contributed by atoms with van der Waals surface area (Å²) >= 11 is 0. The first-order valence-corrected chi connectivity index (χ1v) is 7.19. The molecule has 0 bridgehead atoms. The van der Waals surface area contributed by atoms with Crippen molar-refractivity contribution in [3.63, 3.8) is 0 Å². The van der Waals surface area contributed by atoms with E-state index in [1.165, 1.54) is 18.7 Å².